The van der Waals surface area contributed by atoms with Crippen molar-refractivity contribution < 1.29 is 14.3 Å². The Balaban J connectivity index is 1.75. The highest BCUT2D eigenvalue weighted by molar-refractivity contribution is 6.33. The van der Waals surface area contributed by atoms with Crippen LogP contribution in [0.15, 0.2) is 66.7 Å². The highest BCUT2D eigenvalue weighted by Gasteiger charge is 2.14. The van der Waals surface area contributed by atoms with Gasteiger partial charge in [0.25, 0.3) is 11.8 Å². The second kappa shape index (κ2) is 8.33. The molecule has 1 heterocycles. The molecule has 0 aliphatic rings. The molecule has 0 saturated carbocycles. The maximum absolute atomic E-state index is 12.4. The summed E-state index contributed by atoms with van der Waals surface area (Å²) in [6.07, 6.45) is 0. The quantitative estimate of drug-likeness (QED) is 0.692. The third-order valence-electron chi connectivity index (χ3n) is 3.66. The molecule has 2 N–H and O–H groups in total. The number of halogens is 1. The Bertz CT molecular complexity index is 991. The molecular formula is C20H16ClN3O3. The molecule has 136 valence electrons. The van der Waals surface area contributed by atoms with E-state index in [4.69, 9.17) is 16.3 Å². The molecule has 7 heteroatoms. The Hall–Kier alpha value is -3.38. The van der Waals surface area contributed by atoms with E-state index in [1.165, 1.54) is 12.1 Å². The molecule has 2 aromatic carbocycles. The number of hydrogen-bond donors (Lipinski definition) is 2. The number of nitrogens with one attached hydrogen (secondary N) is 2. The molecule has 0 saturated heterocycles. The number of carbonyl (C=O) groups is 2. The van der Waals surface area contributed by atoms with Crippen molar-refractivity contribution in [2.24, 2.45) is 0 Å². The van der Waals surface area contributed by atoms with E-state index < -0.39 is 11.8 Å². The van der Waals surface area contributed by atoms with Crippen LogP contribution in [0, 0.1) is 0 Å². The van der Waals surface area contributed by atoms with Gasteiger partial charge in [-0.2, -0.15) is 0 Å². The van der Waals surface area contributed by atoms with E-state index in [0.29, 0.717) is 22.1 Å². The van der Waals surface area contributed by atoms with Gasteiger partial charge in [-0.15, -0.1) is 0 Å². The van der Waals surface area contributed by atoms with Crippen molar-refractivity contribution >= 4 is 34.8 Å². The summed E-state index contributed by atoms with van der Waals surface area (Å²) in [4.78, 5) is 29.0. The molecule has 0 atom stereocenters. The van der Waals surface area contributed by atoms with E-state index in [1.807, 2.05) is 0 Å². The fourth-order valence-corrected chi connectivity index (χ4v) is 2.52. The van der Waals surface area contributed by atoms with Gasteiger partial charge in [0.1, 0.15) is 17.1 Å². The van der Waals surface area contributed by atoms with Gasteiger partial charge in [0, 0.05) is 11.8 Å². The van der Waals surface area contributed by atoms with Gasteiger partial charge in [0.05, 0.1) is 17.8 Å². The standard InChI is InChI=1S/C20H16ClN3O3/c1-27-14-7-4-6-13(12-14)22-19(25)17-10-5-11-18(23-17)20(26)24-16-9-3-2-8-15(16)21/h2-12H,1H3,(H,22,25)(H,24,26). The third-order valence-corrected chi connectivity index (χ3v) is 3.99. The molecular weight excluding hydrogens is 366 g/mol. The minimum atomic E-state index is -0.459. The molecule has 0 fully saturated rings. The van der Waals surface area contributed by atoms with Crippen LogP contribution in [0.3, 0.4) is 0 Å². The second-order valence-corrected chi connectivity index (χ2v) is 5.94. The minimum Gasteiger partial charge on any atom is -0.497 e. The molecule has 0 unspecified atom stereocenters. The van der Waals surface area contributed by atoms with Gasteiger partial charge in [0.15, 0.2) is 0 Å². The van der Waals surface area contributed by atoms with Crippen LogP contribution in [0.4, 0.5) is 11.4 Å². The molecule has 0 bridgehead atoms. The largest absolute Gasteiger partial charge is 0.497 e. The number of pyridine rings is 1. The lowest BCUT2D eigenvalue weighted by atomic mass is 10.2. The lowest BCUT2D eigenvalue weighted by Gasteiger charge is -2.09. The minimum absolute atomic E-state index is 0.105. The summed E-state index contributed by atoms with van der Waals surface area (Å²) in [6, 6.07) is 18.5. The monoisotopic (exact) mass is 381 g/mol. The van der Waals surface area contributed by atoms with Crippen LogP contribution >= 0.6 is 11.6 Å². The lowest BCUT2D eigenvalue weighted by molar-refractivity contribution is 0.101. The average Bonchev–Trinajstić information content (AvgIpc) is 2.70. The number of hydrogen-bond acceptors (Lipinski definition) is 4. The van der Waals surface area contributed by atoms with E-state index in [1.54, 1.807) is 61.7 Å². The Morgan fingerprint density at radius 2 is 1.56 bits per heavy atom. The zero-order valence-corrected chi connectivity index (χ0v) is 15.2. The van der Waals surface area contributed by atoms with Crippen LogP contribution in [-0.2, 0) is 0 Å². The number of benzene rings is 2. The van der Waals surface area contributed by atoms with Crippen LogP contribution in [0.25, 0.3) is 0 Å². The Labute approximate surface area is 161 Å². The van der Waals surface area contributed by atoms with E-state index in [-0.39, 0.29) is 11.4 Å². The number of para-hydroxylation sites is 1. The summed E-state index contributed by atoms with van der Waals surface area (Å²) < 4.78 is 5.13. The SMILES string of the molecule is COc1cccc(NC(=O)c2cccc(C(=O)Nc3ccccc3Cl)n2)c1. The van der Waals surface area contributed by atoms with Crippen molar-refractivity contribution in [1.82, 2.24) is 4.98 Å². The first-order valence-electron chi connectivity index (χ1n) is 8.05. The van der Waals surface area contributed by atoms with Gasteiger partial charge < -0.3 is 15.4 Å². The van der Waals surface area contributed by atoms with Crippen molar-refractivity contribution in [2.75, 3.05) is 17.7 Å². The van der Waals surface area contributed by atoms with Crippen molar-refractivity contribution in [3.05, 3.63) is 83.1 Å². The van der Waals surface area contributed by atoms with Crippen LogP contribution in [0.2, 0.25) is 5.02 Å². The lowest BCUT2D eigenvalue weighted by Crippen LogP contribution is -2.18. The molecule has 0 aliphatic heterocycles. The van der Waals surface area contributed by atoms with Crippen LogP contribution in [0.5, 0.6) is 5.75 Å². The van der Waals surface area contributed by atoms with Crippen molar-refractivity contribution in [2.45, 2.75) is 0 Å². The molecule has 2 amide bonds. The number of amides is 2. The number of ether oxygens (including phenoxy) is 1. The Morgan fingerprint density at radius 1 is 0.889 bits per heavy atom. The van der Waals surface area contributed by atoms with Gasteiger partial charge in [-0.25, -0.2) is 4.98 Å². The Morgan fingerprint density at radius 3 is 2.26 bits per heavy atom. The highest BCUT2D eigenvalue weighted by Crippen LogP contribution is 2.21. The summed E-state index contributed by atoms with van der Waals surface area (Å²) >= 11 is 6.04. The topological polar surface area (TPSA) is 80.3 Å². The highest BCUT2D eigenvalue weighted by atomic mass is 35.5. The van der Waals surface area contributed by atoms with E-state index in [2.05, 4.69) is 15.6 Å². The fourth-order valence-electron chi connectivity index (χ4n) is 2.33. The second-order valence-electron chi connectivity index (χ2n) is 5.53. The maximum atomic E-state index is 12.4. The number of anilines is 2. The summed E-state index contributed by atoms with van der Waals surface area (Å²) in [5, 5.41) is 5.81. The van der Waals surface area contributed by atoms with Crippen molar-refractivity contribution in [1.29, 1.82) is 0 Å². The maximum Gasteiger partial charge on any atom is 0.274 e. The van der Waals surface area contributed by atoms with Gasteiger partial charge in [0.2, 0.25) is 0 Å². The number of rotatable bonds is 5. The third kappa shape index (κ3) is 4.62. The van der Waals surface area contributed by atoms with Gasteiger partial charge in [-0.05, 0) is 36.4 Å². The molecule has 0 radical (unpaired) electrons. The van der Waals surface area contributed by atoms with Crippen molar-refractivity contribution in [3.8, 4) is 5.75 Å². The van der Waals surface area contributed by atoms with Crippen molar-refractivity contribution in [3.63, 3.8) is 0 Å². The Kier molecular flexibility index (Phi) is 5.68. The molecule has 6 nitrogen and oxygen atoms in total. The van der Waals surface area contributed by atoms with E-state index in [9.17, 15) is 9.59 Å². The molecule has 3 aromatic rings. The van der Waals surface area contributed by atoms with Crippen LogP contribution in [-0.4, -0.2) is 23.9 Å². The number of aromatic nitrogens is 1. The van der Waals surface area contributed by atoms with Gasteiger partial charge in [-0.3, -0.25) is 9.59 Å². The number of nitrogens with zero attached hydrogens (tertiary/aromatic N) is 1. The predicted octanol–water partition coefficient (Wildman–Crippen LogP) is 4.25. The zero-order valence-electron chi connectivity index (χ0n) is 14.4. The predicted molar refractivity (Wildman–Crippen MR) is 105 cm³/mol. The van der Waals surface area contributed by atoms with Crippen LogP contribution < -0.4 is 15.4 Å². The molecule has 0 spiro atoms. The van der Waals surface area contributed by atoms with Gasteiger partial charge >= 0.3 is 0 Å². The smallest absolute Gasteiger partial charge is 0.274 e. The normalized spacial score (nSPS) is 10.1. The zero-order chi connectivity index (χ0) is 19.2. The average molecular weight is 382 g/mol. The molecule has 0 aliphatic carbocycles. The summed E-state index contributed by atoms with van der Waals surface area (Å²) in [5.74, 6) is -0.275. The molecule has 3 rings (SSSR count). The first kappa shape index (κ1) is 18.4. The summed E-state index contributed by atoms with van der Waals surface area (Å²) in [7, 11) is 1.55. The van der Waals surface area contributed by atoms with E-state index in [0.717, 1.165) is 0 Å². The number of methoxy groups -OCH3 is 1. The molecule has 27 heavy (non-hydrogen) atoms. The first-order chi connectivity index (χ1) is 13.1. The fraction of sp³-hybridized carbons (Fsp3) is 0.0500. The van der Waals surface area contributed by atoms with Gasteiger partial charge in [-0.1, -0.05) is 35.9 Å². The molecule has 1 aromatic heterocycles. The summed E-state index contributed by atoms with van der Waals surface area (Å²) in [6.45, 7) is 0. The van der Waals surface area contributed by atoms with Crippen LogP contribution in [0.1, 0.15) is 21.0 Å². The van der Waals surface area contributed by atoms with E-state index >= 15 is 0 Å². The first-order valence-corrected chi connectivity index (χ1v) is 8.43. The summed E-state index contributed by atoms with van der Waals surface area (Å²) in [5.41, 5.74) is 1.25. The number of carbonyl (C=O) groups excluding carboxylic acids is 2.